The van der Waals surface area contributed by atoms with E-state index in [-0.39, 0.29) is 12.5 Å². The molecule has 18 heavy (non-hydrogen) atoms. The minimum absolute atomic E-state index is 0.201. The van der Waals surface area contributed by atoms with Crippen molar-refractivity contribution in [2.75, 3.05) is 6.61 Å². The maximum absolute atomic E-state index is 9.48. The molecule has 1 unspecified atom stereocenters. The van der Waals surface area contributed by atoms with Crippen molar-refractivity contribution in [3.05, 3.63) is 50.4 Å². The Morgan fingerprint density at radius 2 is 2.00 bits per heavy atom. The van der Waals surface area contributed by atoms with E-state index in [2.05, 4.69) is 38.4 Å². The van der Waals surface area contributed by atoms with Crippen molar-refractivity contribution in [3.63, 3.8) is 0 Å². The Labute approximate surface area is 120 Å². The van der Waals surface area contributed by atoms with Gasteiger partial charge in [-0.15, -0.1) is 11.3 Å². The van der Waals surface area contributed by atoms with E-state index in [0.717, 1.165) is 28.0 Å². The zero-order valence-corrected chi connectivity index (χ0v) is 12.7. The standard InChI is InChI=1S/C14H16BrNOS/c1-10-16-14(9-18-10)7-12(8-17)6-11-2-4-13(15)5-3-11/h2-5,9,12,17H,6-8H2,1H3. The number of nitrogens with zero attached hydrogens (tertiary/aromatic N) is 1. The third kappa shape index (κ3) is 3.90. The molecular weight excluding hydrogens is 310 g/mol. The fraction of sp³-hybridized carbons (Fsp3) is 0.357. The molecule has 1 atom stereocenters. The number of hydrogen-bond donors (Lipinski definition) is 1. The second-order valence-corrected chi connectivity index (χ2v) is 6.42. The van der Waals surface area contributed by atoms with Gasteiger partial charge in [-0.3, -0.25) is 0 Å². The zero-order chi connectivity index (χ0) is 13.0. The number of thiazole rings is 1. The first-order valence-corrected chi connectivity index (χ1v) is 7.61. The summed E-state index contributed by atoms with van der Waals surface area (Å²) in [5.74, 6) is 0.243. The summed E-state index contributed by atoms with van der Waals surface area (Å²) < 4.78 is 1.09. The van der Waals surface area contributed by atoms with Crippen LogP contribution in [0.2, 0.25) is 0 Å². The van der Waals surface area contributed by atoms with Crippen LogP contribution in [0.25, 0.3) is 0 Å². The molecule has 2 nitrogen and oxygen atoms in total. The van der Waals surface area contributed by atoms with Gasteiger partial charge in [0.1, 0.15) is 0 Å². The van der Waals surface area contributed by atoms with Crippen molar-refractivity contribution >= 4 is 27.3 Å². The molecule has 1 aromatic heterocycles. The van der Waals surface area contributed by atoms with Gasteiger partial charge in [-0.25, -0.2) is 4.98 Å². The van der Waals surface area contributed by atoms with Crippen molar-refractivity contribution in [3.8, 4) is 0 Å². The lowest BCUT2D eigenvalue weighted by Gasteiger charge is -2.12. The number of aliphatic hydroxyl groups excluding tert-OH is 1. The van der Waals surface area contributed by atoms with Crippen LogP contribution in [-0.4, -0.2) is 16.7 Å². The van der Waals surface area contributed by atoms with Gasteiger partial charge in [0.05, 0.1) is 10.7 Å². The smallest absolute Gasteiger partial charge is 0.0897 e. The van der Waals surface area contributed by atoms with Gasteiger partial charge in [0.2, 0.25) is 0 Å². The van der Waals surface area contributed by atoms with E-state index in [1.54, 1.807) is 11.3 Å². The van der Waals surface area contributed by atoms with Gasteiger partial charge < -0.3 is 5.11 Å². The van der Waals surface area contributed by atoms with E-state index >= 15 is 0 Å². The van der Waals surface area contributed by atoms with Gasteiger partial charge >= 0.3 is 0 Å². The zero-order valence-electron chi connectivity index (χ0n) is 10.3. The number of hydrogen-bond acceptors (Lipinski definition) is 3. The summed E-state index contributed by atoms with van der Waals surface area (Å²) in [4.78, 5) is 4.45. The van der Waals surface area contributed by atoms with Gasteiger partial charge in [0.25, 0.3) is 0 Å². The van der Waals surface area contributed by atoms with Gasteiger partial charge in [-0.05, 0) is 43.4 Å². The van der Waals surface area contributed by atoms with E-state index in [0.29, 0.717) is 0 Å². The molecule has 0 saturated heterocycles. The molecule has 0 fully saturated rings. The van der Waals surface area contributed by atoms with Crippen molar-refractivity contribution in [1.82, 2.24) is 4.98 Å². The van der Waals surface area contributed by atoms with Crippen LogP contribution in [0.3, 0.4) is 0 Å². The molecule has 0 spiro atoms. The molecule has 2 rings (SSSR count). The van der Waals surface area contributed by atoms with E-state index in [9.17, 15) is 5.11 Å². The second-order valence-electron chi connectivity index (χ2n) is 4.44. The van der Waals surface area contributed by atoms with Crippen LogP contribution >= 0.6 is 27.3 Å². The summed E-state index contributed by atoms with van der Waals surface area (Å²) in [7, 11) is 0. The molecular formula is C14H16BrNOS. The monoisotopic (exact) mass is 325 g/mol. The van der Waals surface area contributed by atoms with Crippen LogP contribution in [0.4, 0.5) is 0 Å². The Balaban J connectivity index is 1.99. The maximum Gasteiger partial charge on any atom is 0.0897 e. The largest absolute Gasteiger partial charge is 0.396 e. The summed E-state index contributed by atoms with van der Waals surface area (Å²) in [5.41, 5.74) is 2.35. The van der Waals surface area contributed by atoms with Crippen molar-refractivity contribution in [1.29, 1.82) is 0 Å². The lowest BCUT2D eigenvalue weighted by atomic mass is 9.96. The highest BCUT2D eigenvalue weighted by Crippen LogP contribution is 2.18. The third-order valence-corrected chi connectivity index (χ3v) is 4.21. The van der Waals surface area contributed by atoms with E-state index in [1.165, 1.54) is 5.56 Å². The average Bonchev–Trinajstić information content (AvgIpc) is 2.77. The molecule has 0 aliphatic rings. The normalized spacial score (nSPS) is 12.6. The predicted molar refractivity (Wildman–Crippen MR) is 79.0 cm³/mol. The van der Waals surface area contributed by atoms with Crippen molar-refractivity contribution in [2.24, 2.45) is 5.92 Å². The topological polar surface area (TPSA) is 33.1 Å². The fourth-order valence-electron chi connectivity index (χ4n) is 1.95. The Morgan fingerprint density at radius 3 is 2.56 bits per heavy atom. The van der Waals surface area contributed by atoms with Crippen LogP contribution in [-0.2, 0) is 12.8 Å². The second kappa shape index (κ2) is 6.45. The maximum atomic E-state index is 9.48. The Kier molecular flexibility index (Phi) is 4.92. The highest BCUT2D eigenvalue weighted by molar-refractivity contribution is 9.10. The average molecular weight is 326 g/mol. The van der Waals surface area contributed by atoms with Gasteiger partial charge in [0.15, 0.2) is 0 Å². The Bertz CT molecular complexity index is 495. The highest BCUT2D eigenvalue weighted by atomic mass is 79.9. The van der Waals surface area contributed by atoms with Crippen LogP contribution in [0, 0.1) is 12.8 Å². The molecule has 1 N–H and O–H groups in total. The minimum atomic E-state index is 0.201. The van der Waals surface area contributed by atoms with Crippen LogP contribution < -0.4 is 0 Å². The molecule has 0 aliphatic carbocycles. The minimum Gasteiger partial charge on any atom is -0.396 e. The summed E-state index contributed by atoms with van der Waals surface area (Å²) in [5, 5.41) is 12.6. The number of halogens is 1. The SMILES string of the molecule is Cc1nc(CC(CO)Cc2ccc(Br)cc2)cs1. The quantitative estimate of drug-likeness (QED) is 0.910. The molecule has 4 heteroatoms. The van der Waals surface area contributed by atoms with Crippen LogP contribution in [0.1, 0.15) is 16.3 Å². The molecule has 96 valence electrons. The summed E-state index contributed by atoms with van der Waals surface area (Å²) in [6, 6.07) is 8.27. The van der Waals surface area contributed by atoms with E-state index < -0.39 is 0 Å². The Morgan fingerprint density at radius 1 is 1.28 bits per heavy atom. The van der Waals surface area contributed by atoms with Gasteiger partial charge in [-0.1, -0.05) is 28.1 Å². The highest BCUT2D eigenvalue weighted by Gasteiger charge is 2.11. The first kappa shape index (κ1) is 13.7. The van der Waals surface area contributed by atoms with Crippen molar-refractivity contribution < 1.29 is 5.11 Å². The molecule has 0 aliphatic heterocycles. The number of aryl methyl sites for hydroxylation is 1. The van der Waals surface area contributed by atoms with Crippen LogP contribution in [0.15, 0.2) is 34.1 Å². The summed E-state index contributed by atoms with van der Waals surface area (Å²) >= 11 is 5.09. The van der Waals surface area contributed by atoms with Crippen molar-refractivity contribution in [2.45, 2.75) is 19.8 Å². The first-order valence-electron chi connectivity index (χ1n) is 5.93. The number of rotatable bonds is 5. The molecule has 1 aromatic carbocycles. The number of benzene rings is 1. The molecule has 0 saturated carbocycles. The Hall–Kier alpha value is -0.710. The van der Waals surface area contributed by atoms with Gasteiger partial charge in [-0.2, -0.15) is 0 Å². The summed E-state index contributed by atoms with van der Waals surface area (Å²) in [6.07, 6.45) is 1.73. The number of aromatic nitrogens is 1. The van der Waals surface area contributed by atoms with E-state index in [1.807, 2.05) is 19.1 Å². The lowest BCUT2D eigenvalue weighted by molar-refractivity contribution is 0.224. The fourth-order valence-corrected chi connectivity index (χ4v) is 2.84. The predicted octanol–water partition coefficient (Wildman–Crippen LogP) is 3.61. The van der Waals surface area contributed by atoms with Gasteiger partial charge in [0, 0.05) is 16.5 Å². The molecule has 0 bridgehead atoms. The molecule has 2 aromatic rings. The molecule has 0 radical (unpaired) electrons. The van der Waals surface area contributed by atoms with Crippen LogP contribution in [0.5, 0.6) is 0 Å². The first-order chi connectivity index (χ1) is 8.67. The summed E-state index contributed by atoms with van der Waals surface area (Å²) in [6.45, 7) is 2.21. The lowest BCUT2D eigenvalue weighted by Crippen LogP contribution is -2.13. The number of aliphatic hydroxyl groups is 1. The molecule has 0 amide bonds. The van der Waals surface area contributed by atoms with E-state index in [4.69, 9.17) is 0 Å². The molecule has 1 heterocycles. The third-order valence-electron chi connectivity index (χ3n) is 2.86.